The number of hydrogen-bond acceptors (Lipinski definition) is 2. The number of benzene rings is 1. The van der Waals surface area contributed by atoms with E-state index >= 15 is 0 Å². The number of rotatable bonds is 1. The number of hydrogen-bond donors (Lipinski definition) is 0. The van der Waals surface area contributed by atoms with Crippen molar-refractivity contribution < 1.29 is 0 Å². The van der Waals surface area contributed by atoms with Gasteiger partial charge in [-0.25, -0.2) is 9.97 Å². The molecular formula is C16H17ClN2. The molecule has 0 spiro atoms. The highest BCUT2D eigenvalue weighted by Gasteiger charge is 2.18. The Hall–Kier alpha value is -1.41. The first kappa shape index (κ1) is 12.6. The van der Waals surface area contributed by atoms with Gasteiger partial charge in [-0.15, -0.1) is 0 Å². The first-order chi connectivity index (χ1) is 9.16. The van der Waals surface area contributed by atoms with Gasteiger partial charge in [0.05, 0.1) is 0 Å². The second kappa shape index (κ2) is 4.93. The molecule has 0 saturated heterocycles. The van der Waals surface area contributed by atoms with Gasteiger partial charge in [0.2, 0.25) is 0 Å². The second-order valence-corrected chi connectivity index (χ2v) is 5.58. The van der Waals surface area contributed by atoms with Crippen molar-refractivity contribution in [1.82, 2.24) is 9.97 Å². The largest absolute Gasteiger partial charge is 0.233 e. The number of halogens is 1. The minimum Gasteiger partial charge on any atom is -0.233 e. The van der Waals surface area contributed by atoms with Crippen LogP contribution in [-0.4, -0.2) is 9.97 Å². The van der Waals surface area contributed by atoms with E-state index in [0.29, 0.717) is 5.15 Å². The fraction of sp³-hybridized carbons (Fsp3) is 0.375. The quantitative estimate of drug-likeness (QED) is 0.724. The lowest BCUT2D eigenvalue weighted by atomic mass is 9.96. The van der Waals surface area contributed by atoms with Crippen LogP contribution in [0.15, 0.2) is 18.2 Å². The third kappa shape index (κ3) is 2.25. The van der Waals surface area contributed by atoms with Crippen molar-refractivity contribution in [3.63, 3.8) is 0 Å². The van der Waals surface area contributed by atoms with Gasteiger partial charge < -0.3 is 0 Å². The highest BCUT2D eigenvalue weighted by molar-refractivity contribution is 6.30. The maximum Gasteiger partial charge on any atom is 0.161 e. The monoisotopic (exact) mass is 272 g/mol. The van der Waals surface area contributed by atoms with E-state index in [1.807, 2.05) is 6.07 Å². The van der Waals surface area contributed by atoms with Gasteiger partial charge in [0, 0.05) is 16.8 Å². The molecule has 3 rings (SSSR count). The number of nitrogens with zero attached hydrogens (tertiary/aromatic N) is 2. The minimum absolute atomic E-state index is 0.639. The van der Waals surface area contributed by atoms with Crippen LogP contribution >= 0.6 is 11.6 Å². The summed E-state index contributed by atoms with van der Waals surface area (Å²) in [6.45, 7) is 4.22. The molecule has 98 valence electrons. The van der Waals surface area contributed by atoms with E-state index in [1.54, 1.807) is 0 Å². The Bertz CT molecular complexity index is 635. The van der Waals surface area contributed by atoms with Crippen LogP contribution in [0.2, 0.25) is 5.15 Å². The van der Waals surface area contributed by atoms with Crippen LogP contribution in [0.3, 0.4) is 0 Å². The molecule has 0 aliphatic heterocycles. The van der Waals surface area contributed by atoms with Gasteiger partial charge in [0.15, 0.2) is 5.82 Å². The lowest BCUT2D eigenvalue weighted by Crippen LogP contribution is -2.09. The van der Waals surface area contributed by atoms with Gasteiger partial charge in [-0.05, 0) is 50.7 Å². The molecule has 0 unspecified atom stereocenters. The molecule has 19 heavy (non-hydrogen) atoms. The third-order valence-electron chi connectivity index (χ3n) is 3.98. The normalized spacial score (nSPS) is 14.3. The summed E-state index contributed by atoms with van der Waals surface area (Å²) >= 11 is 6.34. The van der Waals surface area contributed by atoms with Gasteiger partial charge in [-0.1, -0.05) is 29.8 Å². The molecule has 1 aliphatic carbocycles. The van der Waals surface area contributed by atoms with Crippen molar-refractivity contribution in [1.29, 1.82) is 0 Å². The molecule has 2 aromatic rings. The van der Waals surface area contributed by atoms with Gasteiger partial charge in [-0.3, -0.25) is 0 Å². The van der Waals surface area contributed by atoms with Crippen molar-refractivity contribution >= 4 is 11.6 Å². The van der Waals surface area contributed by atoms with Crippen LogP contribution in [0.5, 0.6) is 0 Å². The standard InChI is InChI=1S/C16H17ClN2/c1-10-6-5-8-12(11(10)2)16-18-14-9-4-3-7-13(14)15(17)19-16/h5-6,8H,3-4,7,9H2,1-2H3. The van der Waals surface area contributed by atoms with Crippen molar-refractivity contribution in [3.05, 3.63) is 45.7 Å². The fourth-order valence-corrected chi connectivity index (χ4v) is 2.95. The average Bonchev–Trinajstić information content (AvgIpc) is 2.42. The maximum absolute atomic E-state index is 6.34. The van der Waals surface area contributed by atoms with Crippen molar-refractivity contribution in [2.75, 3.05) is 0 Å². The summed E-state index contributed by atoms with van der Waals surface area (Å²) in [6.07, 6.45) is 4.43. The van der Waals surface area contributed by atoms with E-state index in [4.69, 9.17) is 16.6 Å². The van der Waals surface area contributed by atoms with Crippen LogP contribution in [0.1, 0.15) is 35.2 Å². The van der Waals surface area contributed by atoms with Crippen molar-refractivity contribution in [3.8, 4) is 11.4 Å². The Morgan fingerprint density at radius 3 is 2.68 bits per heavy atom. The van der Waals surface area contributed by atoms with E-state index in [2.05, 4.69) is 31.0 Å². The fourth-order valence-electron chi connectivity index (χ4n) is 2.66. The zero-order chi connectivity index (χ0) is 13.4. The topological polar surface area (TPSA) is 25.8 Å². The molecule has 3 heteroatoms. The van der Waals surface area contributed by atoms with Crippen molar-refractivity contribution in [2.45, 2.75) is 39.5 Å². The zero-order valence-electron chi connectivity index (χ0n) is 11.3. The smallest absolute Gasteiger partial charge is 0.161 e. The SMILES string of the molecule is Cc1cccc(-c2nc(Cl)c3c(n2)CCCC3)c1C. The van der Waals surface area contributed by atoms with E-state index in [1.165, 1.54) is 24.0 Å². The van der Waals surface area contributed by atoms with Gasteiger partial charge in [-0.2, -0.15) is 0 Å². The molecule has 1 heterocycles. The van der Waals surface area contributed by atoms with Gasteiger partial charge in [0.1, 0.15) is 5.15 Å². The molecule has 1 aromatic heterocycles. The second-order valence-electron chi connectivity index (χ2n) is 5.22. The Labute approximate surface area is 118 Å². The van der Waals surface area contributed by atoms with Crippen LogP contribution in [-0.2, 0) is 12.8 Å². The predicted molar refractivity (Wildman–Crippen MR) is 78.6 cm³/mol. The van der Waals surface area contributed by atoms with Crippen LogP contribution in [0.25, 0.3) is 11.4 Å². The summed E-state index contributed by atoms with van der Waals surface area (Å²) in [7, 11) is 0. The maximum atomic E-state index is 6.34. The van der Waals surface area contributed by atoms with Gasteiger partial charge >= 0.3 is 0 Å². The molecule has 1 aliphatic rings. The summed E-state index contributed by atoms with van der Waals surface area (Å²) in [4.78, 5) is 9.26. The molecule has 1 aromatic carbocycles. The highest BCUT2D eigenvalue weighted by atomic mass is 35.5. The van der Waals surface area contributed by atoms with Gasteiger partial charge in [0.25, 0.3) is 0 Å². The number of aromatic nitrogens is 2. The molecule has 0 atom stereocenters. The Morgan fingerprint density at radius 1 is 1.05 bits per heavy atom. The molecule has 0 radical (unpaired) electrons. The predicted octanol–water partition coefficient (Wildman–Crippen LogP) is 4.29. The van der Waals surface area contributed by atoms with E-state index in [9.17, 15) is 0 Å². The molecule has 0 saturated carbocycles. The first-order valence-electron chi connectivity index (χ1n) is 6.78. The Balaban J connectivity index is 2.16. The molecule has 0 amide bonds. The molecule has 0 fully saturated rings. The zero-order valence-corrected chi connectivity index (χ0v) is 12.1. The highest BCUT2D eigenvalue weighted by Crippen LogP contribution is 2.29. The average molecular weight is 273 g/mol. The van der Waals surface area contributed by atoms with Crippen LogP contribution in [0, 0.1) is 13.8 Å². The molecule has 0 N–H and O–H groups in total. The van der Waals surface area contributed by atoms with E-state index in [0.717, 1.165) is 35.5 Å². The Kier molecular flexibility index (Phi) is 3.28. The van der Waals surface area contributed by atoms with Crippen LogP contribution in [0.4, 0.5) is 0 Å². The lowest BCUT2D eigenvalue weighted by molar-refractivity contribution is 0.663. The minimum atomic E-state index is 0.639. The molecule has 0 bridgehead atoms. The number of fused-ring (bicyclic) bond motifs is 1. The third-order valence-corrected chi connectivity index (χ3v) is 4.29. The molecule has 2 nitrogen and oxygen atoms in total. The number of aryl methyl sites for hydroxylation is 2. The Morgan fingerprint density at radius 2 is 1.84 bits per heavy atom. The van der Waals surface area contributed by atoms with E-state index in [-0.39, 0.29) is 0 Å². The summed E-state index contributed by atoms with van der Waals surface area (Å²) < 4.78 is 0. The van der Waals surface area contributed by atoms with E-state index < -0.39 is 0 Å². The first-order valence-corrected chi connectivity index (χ1v) is 7.16. The summed E-state index contributed by atoms with van der Waals surface area (Å²) in [5.74, 6) is 0.770. The summed E-state index contributed by atoms with van der Waals surface area (Å²) in [6, 6.07) is 6.23. The summed E-state index contributed by atoms with van der Waals surface area (Å²) in [5, 5.41) is 0.639. The lowest BCUT2D eigenvalue weighted by Gasteiger charge is -2.17. The van der Waals surface area contributed by atoms with Crippen molar-refractivity contribution in [2.24, 2.45) is 0 Å². The van der Waals surface area contributed by atoms with Crippen LogP contribution < -0.4 is 0 Å². The summed E-state index contributed by atoms with van der Waals surface area (Å²) in [5.41, 5.74) is 5.88. The molecular weight excluding hydrogens is 256 g/mol.